The first kappa shape index (κ1) is 16.5. The summed E-state index contributed by atoms with van der Waals surface area (Å²) in [5.74, 6) is -0.345. The van der Waals surface area contributed by atoms with Crippen molar-refractivity contribution in [2.75, 3.05) is 6.54 Å². The molecule has 0 aliphatic heterocycles. The predicted molar refractivity (Wildman–Crippen MR) is 71.0 cm³/mol. The quantitative estimate of drug-likeness (QED) is 0.845. The van der Waals surface area contributed by atoms with Crippen molar-refractivity contribution in [1.29, 1.82) is 0 Å². The van der Waals surface area contributed by atoms with Crippen LogP contribution in [-0.4, -0.2) is 18.6 Å². The van der Waals surface area contributed by atoms with Crippen molar-refractivity contribution in [3.63, 3.8) is 0 Å². The molecule has 1 rings (SSSR count). The summed E-state index contributed by atoms with van der Waals surface area (Å²) in [6.45, 7) is 2.89. The first-order valence-electron chi connectivity index (χ1n) is 6.37. The fraction of sp³-hybridized carbons (Fsp3) is 0.500. The van der Waals surface area contributed by atoms with Gasteiger partial charge in [-0.2, -0.15) is 13.2 Å². The van der Waals surface area contributed by atoms with Gasteiger partial charge in [-0.15, -0.1) is 0 Å². The number of alkyl halides is 3. The van der Waals surface area contributed by atoms with E-state index >= 15 is 0 Å². The fourth-order valence-corrected chi connectivity index (χ4v) is 1.92. The second-order valence-electron chi connectivity index (χ2n) is 5.17. The van der Waals surface area contributed by atoms with Crippen LogP contribution in [0.5, 0.6) is 0 Å². The SMILES string of the molecule is CC(C)Cc1ccc(C(NCC(F)(F)F)C(N)=O)cc1. The summed E-state index contributed by atoms with van der Waals surface area (Å²) in [4.78, 5) is 11.3. The van der Waals surface area contributed by atoms with Crippen LogP contribution in [0.15, 0.2) is 24.3 Å². The first-order chi connectivity index (χ1) is 9.19. The minimum Gasteiger partial charge on any atom is -0.368 e. The highest BCUT2D eigenvalue weighted by Crippen LogP contribution is 2.19. The van der Waals surface area contributed by atoms with E-state index in [-0.39, 0.29) is 0 Å². The summed E-state index contributed by atoms with van der Waals surface area (Å²) < 4.78 is 36.6. The highest BCUT2D eigenvalue weighted by Gasteiger charge is 2.30. The minimum absolute atomic E-state index is 0.439. The molecule has 112 valence electrons. The molecule has 6 heteroatoms. The van der Waals surface area contributed by atoms with E-state index in [0.29, 0.717) is 11.5 Å². The smallest absolute Gasteiger partial charge is 0.368 e. The van der Waals surface area contributed by atoms with Gasteiger partial charge in [0.1, 0.15) is 6.04 Å². The van der Waals surface area contributed by atoms with Gasteiger partial charge in [-0.1, -0.05) is 38.1 Å². The highest BCUT2D eigenvalue weighted by molar-refractivity contribution is 5.81. The number of carbonyl (C=O) groups excluding carboxylic acids is 1. The summed E-state index contributed by atoms with van der Waals surface area (Å²) in [5, 5.41) is 2.14. The van der Waals surface area contributed by atoms with Gasteiger partial charge in [0.2, 0.25) is 5.91 Å². The molecule has 0 bridgehead atoms. The van der Waals surface area contributed by atoms with Crippen LogP contribution in [0.1, 0.15) is 31.0 Å². The molecule has 1 unspecified atom stereocenters. The Morgan fingerprint density at radius 2 is 1.80 bits per heavy atom. The minimum atomic E-state index is -4.38. The van der Waals surface area contributed by atoms with Crippen LogP contribution >= 0.6 is 0 Å². The standard InChI is InChI=1S/C14H19F3N2O/c1-9(2)7-10-3-5-11(6-4-10)12(13(18)20)19-8-14(15,16)17/h3-6,9,12,19H,7-8H2,1-2H3,(H2,18,20). The van der Waals surface area contributed by atoms with Gasteiger partial charge in [-0.25, -0.2) is 0 Å². The Hall–Kier alpha value is -1.56. The molecule has 20 heavy (non-hydrogen) atoms. The van der Waals surface area contributed by atoms with Crippen molar-refractivity contribution in [3.8, 4) is 0 Å². The molecule has 1 atom stereocenters. The summed E-state index contributed by atoms with van der Waals surface area (Å²) in [5.41, 5.74) is 6.66. The lowest BCUT2D eigenvalue weighted by Gasteiger charge is -2.17. The summed E-state index contributed by atoms with van der Waals surface area (Å²) in [6.07, 6.45) is -3.51. The van der Waals surface area contributed by atoms with E-state index in [1.54, 1.807) is 24.3 Å². The molecule has 0 fully saturated rings. The normalized spacial score (nSPS) is 13.5. The van der Waals surface area contributed by atoms with E-state index in [9.17, 15) is 18.0 Å². The Bertz CT molecular complexity index is 441. The molecule has 0 aromatic heterocycles. The highest BCUT2D eigenvalue weighted by atomic mass is 19.4. The van der Waals surface area contributed by atoms with Crippen molar-refractivity contribution < 1.29 is 18.0 Å². The largest absolute Gasteiger partial charge is 0.401 e. The van der Waals surface area contributed by atoms with Gasteiger partial charge in [0.15, 0.2) is 0 Å². The summed E-state index contributed by atoms with van der Waals surface area (Å²) >= 11 is 0. The van der Waals surface area contributed by atoms with Gasteiger partial charge >= 0.3 is 6.18 Å². The third-order valence-corrected chi connectivity index (χ3v) is 2.75. The number of halogens is 3. The molecule has 1 aromatic carbocycles. The van der Waals surface area contributed by atoms with Crippen LogP contribution in [-0.2, 0) is 11.2 Å². The van der Waals surface area contributed by atoms with Crippen LogP contribution in [0, 0.1) is 5.92 Å². The second-order valence-corrected chi connectivity index (χ2v) is 5.17. The lowest BCUT2D eigenvalue weighted by molar-refractivity contribution is -0.130. The van der Waals surface area contributed by atoms with E-state index in [1.807, 2.05) is 0 Å². The molecule has 0 saturated carbocycles. The van der Waals surface area contributed by atoms with E-state index in [0.717, 1.165) is 12.0 Å². The molecule has 3 nitrogen and oxygen atoms in total. The molecule has 1 aromatic rings. The van der Waals surface area contributed by atoms with Crippen LogP contribution in [0.4, 0.5) is 13.2 Å². The zero-order valence-corrected chi connectivity index (χ0v) is 11.5. The molecule has 0 radical (unpaired) electrons. The van der Waals surface area contributed by atoms with Crippen molar-refractivity contribution >= 4 is 5.91 Å². The average Bonchev–Trinajstić information content (AvgIpc) is 2.28. The van der Waals surface area contributed by atoms with Gasteiger partial charge in [-0.05, 0) is 23.5 Å². The summed E-state index contributed by atoms with van der Waals surface area (Å²) in [7, 11) is 0. The van der Waals surface area contributed by atoms with E-state index in [4.69, 9.17) is 5.73 Å². The van der Waals surface area contributed by atoms with Gasteiger partial charge in [0.25, 0.3) is 0 Å². The molecule has 1 amide bonds. The number of carbonyl (C=O) groups is 1. The lowest BCUT2D eigenvalue weighted by Crippen LogP contribution is -2.38. The number of hydrogen-bond donors (Lipinski definition) is 2. The van der Waals surface area contributed by atoms with E-state index < -0.39 is 24.7 Å². The fourth-order valence-electron chi connectivity index (χ4n) is 1.92. The number of amides is 1. The van der Waals surface area contributed by atoms with Crippen LogP contribution < -0.4 is 11.1 Å². The number of nitrogens with one attached hydrogen (secondary N) is 1. The van der Waals surface area contributed by atoms with Crippen molar-refractivity contribution in [2.24, 2.45) is 11.7 Å². The van der Waals surface area contributed by atoms with Crippen LogP contribution in [0.3, 0.4) is 0 Å². The van der Waals surface area contributed by atoms with Crippen LogP contribution in [0.25, 0.3) is 0 Å². The number of nitrogens with two attached hydrogens (primary N) is 1. The zero-order chi connectivity index (χ0) is 15.3. The monoisotopic (exact) mass is 288 g/mol. The average molecular weight is 288 g/mol. The molecule has 0 heterocycles. The van der Waals surface area contributed by atoms with E-state index in [2.05, 4.69) is 19.2 Å². The molecule has 0 spiro atoms. The number of rotatable bonds is 6. The molecule has 0 aliphatic rings. The Morgan fingerprint density at radius 1 is 1.25 bits per heavy atom. The van der Waals surface area contributed by atoms with Crippen LogP contribution in [0.2, 0.25) is 0 Å². The van der Waals surface area contributed by atoms with E-state index in [1.165, 1.54) is 0 Å². The number of hydrogen-bond acceptors (Lipinski definition) is 2. The Morgan fingerprint density at radius 3 is 2.20 bits per heavy atom. The topological polar surface area (TPSA) is 55.1 Å². The lowest BCUT2D eigenvalue weighted by atomic mass is 9.99. The zero-order valence-electron chi connectivity index (χ0n) is 11.5. The van der Waals surface area contributed by atoms with Crippen molar-refractivity contribution in [3.05, 3.63) is 35.4 Å². The molecule has 0 aliphatic carbocycles. The maximum atomic E-state index is 12.2. The third kappa shape index (κ3) is 5.61. The first-order valence-corrected chi connectivity index (χ1v) is 6.37. The second kappa shape index (κ2) is 6.74. The van der Waals surface area contributed by atoms with Crippen molar-refractivity contribution in [2.45, 2.75) is 32.5 Å². The Balaban J connectivity index is 2.79. The maximum absolute atomic E-state index is 12.2. The van der Waals surface area contributed by atoms with Gasteiger partial charge in [-0.3, -0.25) is 10.1 Å². The Labute approximate surface area is 116 Å². The Kier molecular flexibility index (Phi) is 5.56. The van der Waals surface area contributed by atoms with Gasteiger partial charge < -0.3 is 5.73 Å². The van der Waals surface area contributed by atoms with Gasteiger partial charge in [0.05, 0.1) is 6.54 Å². The third-order valence-electron chi connectivity index (χ3n) is 2.75. The number of primary amides is 1. The number of benzene rings is 1. The maximum Gasteiger partial charge on any atom is 0.401 e. The predicted octanol–water partition coefficient (Wildman–Crippen LogP) is 2.56. The van der Waals surface area contributed by atoms with Gasteiger partial charge in [0, 0.05) is 0 Å². The molecular formula is C14H19F3N2O. The molecule has 0 saturated heterocycles. The van der Waals surface area contributed by atoms with Crippen molar-refractivity contribution in [1.82, 2.24) is 5.32 Å². The molecular weight excluding hydrogens is 269 g/mol. The summed E-state index contributed by atoms with van der Waals surface area (Å²) in [6, 6.07) is 5.75. The molecule has 3 N–H and O–H groups in total.